The highest BCUT2D eigenvalue weighted by Gasteiger charge is 2.32. The Morgan fingerprint density at radius 1 is 1.00 bits per heavy atom. The van der Waals surface area contributed by atoms with Crippen molar-refractivity contribution in [3.63, 3.8) is 0 Å². The molecular formula is C17H32N2O. The second kappa shape index (κ2) is 7.77. The highest BCUT2D eigenvalue weighted by atomic mass is 16.5. The third-order valence-electron chi connectivity index (χ3n) is 5.67. The third kappa shape index (κ3) is 3.96. The number of hydrogen-bond donors (Lipinski definition) is 2. The quantitative estimate of drug-likeness (QED) is 0.812. The Hall–Kier alpha value is -0.120. The Bertz CT molecular complexity index is 272. The zero-order chi connectivity index (χ0) is 13.6. The van der Waals surface area contributed by atoms with E-state index in [9.17, 15) is 0 Å². The summed E-state index contributed by atoms with van der Waals surface area (Å²) >= 11 is 0. The van der Waals surface area contributed by atoms with Gasteiger partial charge < -0.3 is 15.4 Å². The van der Waals surface area contributed by atoms with Crippen LogP contribution in [0.5, 0.6) is 0 Å². The van der Waals surface area contributed by atoms with Crippen molar-refractivity contribution in [3.8, 4) is 0 Å². The molecule has 0 spiro atoms. The minimum atomic E-state index is 0.765. The van der Waals surface area contributed by atoms with E-state index in [4.69, 9.17) is 4.74 Å². The summed E-state index contributed by atoms with van der Waals surface area (Å²) in [5.41, 5.74) is 0. The maximum Gasteiger partial charge on any atom is 0.0495 e. The molecule has 2 N–H and O–H groups in total. The zero-order valence-corrected chi connectivity index (χ0v) is 12.9. The molecule has 20 heavy (non-hydrogen) atoms. The monoisotopic (exact) mass is 280 g/mol. The summed E-state index contributed by atoms with van der Waals surface area (Å²) in [6.07, 6.45) is 12.5. The van der Waals surface area contributed by atoms with Crippen LogP contribution in [0.15, 0.2) is 0 Å². The Labute approximate surface area is 124 Å². The molecule has 0 amide bonds. The average Bonchev–Trinajstić information content (AvgIpc) is 3.02. The fourth-order valence-corrected chi connectivity index (χ4v) is 4.42. The van der Waals surface area contributed by atoms with Gasteiger partial charge in [0, 0.05) is 25.3 Å². The van der Waals surface area contributed by atoms with Crippen LogP contribution in [0.4, 0.5) is 0 Å². The first kappa shape index (κ1) is 14.8. The van der Waals surface area contributed by atoms with E-state index in [0.29, 0.717) is 0 Å². The molecule has 2 heterocycles. The van der Waals surface area contributed by atoms with Crippen LogP contribution in [0.3, 0.4) is 0 Å². The van der Waals surface area contributed by atoms with Crippen molar-refractivity contribution in [2.45, 2.75) is 69.9 Å². The normalized spacial score (nSPS) is 39.0. The van der Waals surface area contributed by atoms with Gasteiger partial charge in [0.2, 0.25) is 0 Å². The van der Waals surface area contributed by atoms with Gasteiger partial charge in [-0.15, -0.1) is 0 Å². The lowest BCUT2D eigenvalue weighted by Crippen LogP contribution is -2.50. The highest BCUT2D eigenvalue weighted by Crippen LogP contribution is 2.30. The molecule has 2 saturated heterocycles. The van der Waals surface area contributed by atoms with E-state index in [2.05, 4.69) is 10.6 Å². The highest BCUT2D eigenvalue weighted by molar-refractivity contribution is 4.90. The number of rotatable bonds is 5. The van der Waals surface area contributed by atoms with Gasteiger partial charge in [0.05, 0.1) is 0 Å². The maximum absolute atomic E-state index is 5.48. The predicted octanol–water partition coefficient (Wildman–Crippen LogP) is 2.70. The van der Waals surface area contributed by atoms with E-state index in [-0.39, 0.29) is 0 Å². The molecule has 3 heteroatoms. The van der Waals surface area contributed by atoms with Crippen molar-refractivity contribution in [3.05, 3.63) is 0 Å². The van der Waals surface area contributed by atoms with E-state index in [1.54, 1.807) is 0 Å². The van der Waals surface area contributed by atoms with Crippen LogP contribution in [-0.4, -0.2) is 38.4 Å². The fraction of sp³-hybridized carbons (Fsp3) is 1.00. The third-order valence-corrected chi connectivity index (χ3v) is 5.67. The van der Waals surface area contributed by atoms with Gasteiger partial charge in [0.15, 0.2) is 0 Å². The molecule has 3 rings (SSSR count). The van der Waals surface area contributed by atoms with Gasteiger partial charge in [-0.05, 0) is 63.5 Å². The molecule has 1 saturated carbocycles. The lowest BCUT2D eigenvalue weighted by molar-refractivity contribution is 0.173. The molecule has 3 fully saturated rings. The van der Waals surface area contributed by atoms with E-state index in [0.717, 1.165) is 37.1 Å². The summed E-state index contributed by atoms with van der Waals surface area (Å²) in [6.45, 7) is 4.43. The van der Waals surface area contributed by atoms with Gasteiger partial charge in [-0.25, -0.2) is 0 Å². The average molecular weight is 280 g/mol. The summed E-state index contributed by atoms with van der Waals surface area (Å²) in [7, 11) is 0. The second-order valence-electron chi connectivity index (χ2n) is 7.08. The van der Waals surface area contributed by atoms with Crippen molar-refractivity contribution in [1.29, 1.82) is 0 Å². The van der Waals surface area contributed by atoms with Gasteiger partial charge in [-0.1, -0.05) is 19.3 Å². The number of piperidine rings is 1. The lowest BCUT2D eigenvalue weighted by Gasteiger charge is -2.40. The molecule has 2 aliphatic heterocycles. The van der Waals surface area contributed by atoms with Gasteiger partial charge in [-0.3, -0.25) is 0 Å². The Balaban J connectivity index is 1.44. The van der Waals surface area contributed by atoms with E-state index < -0.39 is 0 Å². The van der Waals surface area contributed by atoms with Crippen LogP contribution in [-0.2, 0) is 4.74 Å². The number of nitrogens with one attached hydrogen (secondary N) is 2. The first-order chi connectivity index (χ1) is 9.93. The Morgan fingerprint density at radius 3 is 2.70 bits per heavy atom. The molecule has 0 aromatic carbocycles. The first-order valence-corrected chi connectivity index (χ1v) is 8.98. The molecule has 0 radical (unpaired) electrons. The van der Waals surface area contributed by atoms with Gasteiger partial charge >= 0.3 is 0 Å². The summed E-state index contributed by atoms with van der Waals surface area (Å²) in [5, 5.41) is 7.69. The van der Waals surface area contributed by atoms with E-state index in [1.807, 2.05) is 0 Å². The Morgan fingerprint density at radius 2 is 1.90 bits per heavy atom. The molecule has 0 aromatic heterocycles. The molecular weight excluding hydrogens is 248 g/mol. The molecule has 1 aliphatic carbocycles. The minimum absolute atomic E-state index is 0.765. The van der Waals surface area contributed by atoms with Crippen LogP contribution >= 0.6 is 0 Å². The van der Waals surface area contributed by atoms with Crippen LogP contribution in [0.1, 0.15) is 57.8 Å². The predicted molar refractivity (Wildman–Crippen MR) is 82.9 cm³/mol. The van der Waals surface area contributed by atoms with Gasteiger partial charge in [0.1, 0.15) is 0 Å². The largest absolute Gasteiger partial charge is 0.381 e. The van der Waals surface area contributed by atoms with Gasteiger partial charge in [0.25, 0.3) is 0 Å². The zero-order valence-electron chi connectivity index (χ0n) is 12.9. The van der Waals surface area contributed by atoms with Crippen molar-refractivity contribution in [2.24, 2.45) is 11.8 Å². The van der Waals surface area contributed by atoms with Crippen molar-refractivity contribution in [1.82, 2.24) is 10.6 Å². The van der Waals surface area contributed by atoms with Crippen LogP contribution < -0.4 is 10.6 Å². The van der Waals surface area contributed by atoms with Crippen LogP contribution in [0, 0.1) is 11.8 Å². The molecule has 3 aliphatic rings. The summed E-state index contributed by atoms with van der Waals surface area (Å²) in [6, 6.07) is 1.55. The van der Waals surface area contributed by atoms with Gasteiger partial charge in [-0.2, -0.15) is 0 Å². The van der Waals surface area contributed by atoms with E-state index in [1.165, 1.54) is 70.9 Å². The maximum atomic E-state index is 5.48. The fourth-order valence-electron chi connectivity index (χ4n) is 4.42. The summed E-state index contributed by atoms with van der Waals surface area (Å²) in [4.78, 5) is 0. The lowest BCUT2D eigenvalue weighted by atomic mass is 9.77. The van der Waals surface area contributed by atoms with Crippen molar-refractivity contribution >= 4 is 0 Å². The topological polar surface area (TPSA) is 33.3 Å². The molecule has 0 aromatic rings. The molecule has 3 nitrogen and oxygen atoms in total. The Kier molecular flexibility index (Phi) is 5.75. The SMILES string of the molecule is C1CCC(C2CCCCC2NCCC2CCOC2)NC1. The van der Waals surface area contributed by atoms with Crippen molar-refractivity contribution in [2.75, 3.05) is 26.3 Å². The summed E-state index contributed by atoms with van der Waals surface area (Å²) in [5.74, 6) is 1.70. The standard InChI is InChI=1S/C17H32N2O/c1-2-6-17(19-11-8-14-9-12-20-13-14)15(5-1)16-7-3-4-10-18-16/h14-19H,1-13H2. The smallest absolute Gasteiger partial charge is 0.0495 e. The minimum Gasteiger partial charge on any atom is -0.381 e. The second-order valence-corrected chi connectivity index (χ2v) is 7.08. The van der Waals surface area contributed by atoms with Crippen LogP contribution in [0.2, 0.25) is 0 Å². The molecule has 4 unspecified atom stereocenters. The first-order valence-electron chi connectivity index (χ1n) is 8.98. The molecule has 0 bridgehead atoms. The van der Waals surface area contributed by atoms with E-state index >= 15 is 0 Å². The molecule has 116 valence electrons. The summed E-state index contributed by atoms with van der Waals surface area (Å²) < 4.78 is 5.48. The number of ether oxygens (including phenoxy) is 1. The number of hydrogen-bond acceptors (Lipinski definition) is 3. The van der Waals surface area contributed by atoms with Crippen LogP contribution in [0.25, 0.3) is 0 Å². The van der Waals surface area contributed by atoms with Crippen molar-refractivity contribution < 1.29 is 4.74 Å². The molecule has 4 atom stereocenters.